The first kappa shape index (κ1) is 18.8. The van der Waals surface area contributed by atoms with Crippen molar-refractivity contribution in [3.63, 3.8) is 0 Å². The highest BCUT2D eigenvalue weighted by Crippen LogP contribution is 2.35. The molecule has 0 radical (unpaired) electrons. The molecule has 6 nitrogen and oxygen atoms in total. The molecule has 0 N–H and O–H groups in total. The Balaban J connectivity index is 2.53. The van der Waals surface area contributed by atoms with Crippen molar-refractivity contribution in [3.05, 3.63) is 45.7 Å². The molecule has 1 aromatic heterocycles. The number of sulfonamides is 1. The van der Waals surface area contributed by atoms with Crippen LogP contribution >= 0.6 is 27.5 Å². The Morgan fingerprint density at radius 2 is 1.96 bits per heavy atom. The highest BCUT2D eigenvalue weighted by molar-refractivity contribution is 9.10. The van der Waals surface area contributed by atoms with E-state index < -0.39 is 10.0 Å². The Morgan fingerprint density at radius 1 is 1.25 bits per heavy atom. The van der Waals surface area contributed by atoms with Crippen LogP contribution < -0.4 is 13.8 Å². The molecule has 0 spiro atoms. The lowest BCUT2D eigenvalue weighted by Gasteiger charge is -2.24. The van der Waals surface area contributed by atoms with Crippen LogP contribution in [0.5, 0.6) is 11.5 Å². The summed E-state index contributed by atoms with van der Waals surface area (Å²) in [5, 5.41) is 0.302. The quantitative estimate of drug-likeness (QED) is 0.695. The van der Waals surface area contributed by atoms with Crippen molar-refractivity contribution in [1.82, 2.24) is 4.98 Å². The van der Waals surface area contributed by atoms with Gasteiger partial charge in [-0.15, -0.1) is 0 Å². The summed E-state index contributed by atoms with van der Waals surface area (Å²) in [4.78, 5) is 4.22. The molecule has 1 heterocycles. The van der Waals surface area contributed by atoms with Gasteiger partial charge in [0.2, 0.25) is 10.0 Å². The fraction of sp³-hybridized carbons (Fsp3) is 0.267. The van der Waals surface area contributed by atoms with Gasteiger partial charge in [0.25, 0.3) is 0 Å². The Morgan fingerprint density at radius 3 is 2.50 bits per heavy atom. The van der Waals surface area contributed by atoms with Crippen molar-refractivity contribution in [1.29, 1.82) is 0 Å². The van der Waals surface area contributed by atoms with Crippen LogP contribution in [0.4, 0.5) is 5.69 Å². The van der Waals surface area contributed by atoms with E-state index in [1.165, 1.54) is 24.7 Å². The number of hydrogen-bond acceptors (Lipinski definition) is 5. The first-order valence-corrected chi connectivity index (χ1v) is 9.78. The zero-order valence-electron chi connectivity index (χ0n) is 13.3. The molecule has 0 amide bonds. The van der Waals surface area contributed by atoms with Crippen molar-refractivity contribution < 1.29 is 17.9 Å². The van der Waals surface area contributed by atoms with E-state index in [-0.39, 0.29) is 6.54 Å². The lowest BCUT2D eigenvalue weighted by Crippen LogP contribution is -2.30. The van der Waals surface area contributed by atoms with E-state index in [2.05, 4.69) is 20.9 Å². The highest BCUT2D eigenvalue weighted by Gasteiger charge is 2.24. The molecule has 0 aliphatic carbocycles. The van der Waals surface area contributed by atoms with Gasteiger partial charge in [-0.25, -0.2) is 8.42 Å². The zero-order valence-corrected chi connectivity index (χ0v) is 16.4. The minimum Gasteiger partial charge on any atom is -0.493 e. The predicted octanol–water partition coefficient (Wildman–Crippen LogP) is 3.48. The third-order valence-electron chi connectivity index (χ3n) is 3.24. The maximum absolute atomic E-state index is 12.3. The molecule has 0 aliphatic heterocycles. The summed E-state index contributed by atoms with van der Waals surface area (Å²) in [6.45, 7) is -0.0411. The van der Waals surface area contributed by atoms with Crippen LogP contribution in [-0.4, -0.2) is 33.9 Å². The molecule has 130 valence electrons. The molecular weight excluding hydrogens is 420 g/mol. The smallest absolute Gasteiger partial charge is 0.232 e. The van der Waals surface area contributed by atoms with Crippen molar-refractivity contribution in [3.8, 4) is 11.5 Å². The van der Waals surface area contributed by atoms with Gasteiger partial charge in [0.05, 0.1) is 37.7 Å². The van der Waals surface area contributed by atoms with Crippen molar-refractivity contribution in [2.24, 2.45) is 0 Å². The third-order valence-corrected chi connectivity index (χ3v) is 5.16. The van der Waals surface area contributed by atoms with Gasteiger partial charge in [0, 0.05) is 16.7 Å². The molecule has 0 bridgehead atoms. The molecule has 0 atom stereocenters. The standard InChI is InChI=1S/C15H16BrClN2O4S/c1-22-14-6-7-18-12(15(14)23-2)9-19(24(3,20)21)13-5-4-10(16)8-11(13)17/h4-8H,9H2,1-3H3. The van der Waals surface area contributed by atoms with E-state index in [0.29, 0.717) is 27.9 Å². The lowest BCUT2D eigenvalue weighted by molar-refractivity contribution is 0.349. The zero-order chi connectivity index (χ0) is 17.9. The molecule has 2 rings (SSSR count). The van der Waals surface area contributed by atoms with Gasteiger partial charge in [-0.3, -0.25) is 9.29 Å². The average Bonchev–Trinajstić information content (AvgIpc) is 2.51. The fourth-order valence-electron chi connectivity index (χ4n) is 2.16. The van der Waals surface area contributed by atoms with Gasteiger partial charge >= 0.3 is 0 Å². The minimum atomic E-state index is -3.60. The predicted molar refractivity (Wildman–Crippen MR) is 97.5 cm³/mol. The summed E-state index contributed by atoms with van der Waals surface area (Å²) in [5.41, 5.74) is 0.773. The number of anilines is 1. The van der Waals surface area contributed by atoms with Gasteiger partial charge in [-0.1, -0.05) is 27.5 Å². The van der Waals surface area contributed by atoms with Crippen molar-refractivity contribution in [2.75, 3.05) is 24.8 Å². The Kier molecular flexibility index (Phi) is 5.95. The normalized spacial score (nSPS) is 11.2. The molecule has 9 heteroatoms. The summed E-state index contributed by atoms with van der Waals surface area (Å²) in [6.07, 6.45) is 2.64. The number of pyridine rings is 1. The number of ether oxygens (including phenoxy) is 2. The molecular formula is C15H16BrClN2O4S. The van der Waals surface area contributed by atoms with Crippen molar-refractivity contribution in [2.45, 2.75) is 6.54 Å². The van der Waals surface area contributed by atoms with Crippen LogP contribution in [0.15, 0.2) is 34.9 Å². The third kappa shape index (κ3) is 4.12. The minimum absolute atomic E-state index is 0.0411. The monoisotopic (exact) mass is 434 g/mol. The first-order valence-electron chi connectivity index (χ1n) is 6.76. The van der Waals surface area contributed by atoms with E-state index in [4.69, 9.17) is 21.1 Å². The van der Waals surface area contributed by atoms with Crippen LogP contribution in [-0.2, 0) is 16.6 Å². The number of benzene rings is 1. The number of methoxy groups -OCH3 is 2. The summed E-state index contributed by atoms with van der Waals surface area (Å²) in [5.74, 6) is 0.847. The number of halogens is 2. The lowest BCUT2D eigenvalue weighted by atomic mass is 10.2. The number of aromatic nitrogens is 1. The average molecular weight is 436 g/mol. The topological polar surface area (TPSA) is 68.7 Å². The molecule has 0 aliphatic rings. The Labute approximate surface area is 154 Å². The summed E-state index contributed by atoms with van der Waals surface area (Å²) in [7, 11) is -0.625. The second-order valence-electron chi connectivity index (χ2n) is 4.86. The van der Waals surface area contributed by atoms with Gasteiger partial charge < -0.3 is 9.47 Å². The van der Waals surface area contributed by atoms with Crippen LogP contribution in [0.2, 0.25) is 5.02 Å². The number of rotatable bonds is 6. The molecule has 1 aromatic carbocycles. The van der Waals surface area contributed by atoms with Gasteiger partial charge in [0.1, 0.15) is 5.69 Å². The van der Waals surface area contributed by atoms with E-state index in [1.54, 1.807) is 24.3 Å². The number of hydrogen-bond donors (Lipinski definition) is 0. The molecule has 0 fully saturated rings. The number of nitrogens with zero attached hydrogens (tertiary/aromatic N) is 2. The van der Waals surface area contributed by atoms with Crippen molar-refractivity contribution >= 4 is 43.2 Å². The Bertz CT molecular complexity index is 845. The molecule has 24 heavy (non-hydrogen) atoms. The van der Waals surface area contributed by atoms with Crippen LogP contribution in [0.3, 0.4) is 0 Å². The second kappa shape index (κ2) is 7.58. The molecule has 0 saturated carbocycles. The second-order valence-corrected chi connectivity index (χ2v) is 8.09. The van der Waals surface area contributed by atoms with Gasteiger partial charge in [0.15, 0.2) is 11.5 Å². The maximum atomic E-state index is 12.3. The maximum Gasteiger partial charge on any atom is 0.232 e. The van der Waals surface area contributed by atoms with E-state index in [9.17, 15) is 8.42 Å². The van der Waals surface area contributed by atoms with E-state index >= 15 is 0 Å². The molecule has 0 unspecified atom stereocenters. The van der Waals surface area contributed by atoms with Crippen LogP contribution in [0, 0.1) is 0 Å². The van der Waals surface area contributed by atoms with Crippen LogP contribution in [0.25, 0.3) is 0 Å². The van der Waals surface area contributed by atoms with E-state index in [0.717, 1.165) is 10.7 Å². The fourth-order valence-corrected chi connectivity index (χ4v) is 3.86. The van der Waals surface area contributed by atoms with Crippen LogP contribution in [0.1, 0.15) is 5.69 Å². The first-order chi connectivity index (χ1) is 11.3. The SMILES string of the molecule is COc1ccnc(CN(c2ccc(Br)cc2Cl)S(C)(=O)=O)c1OC. The largest absolute Gasteiger partial charge is 0.493 e. The summed E-state index contributed by atoms with van der Waals surface area (Å²) >= 11 is 9.52. The summed E-state index contributed by atoms with van der Waals surface area (Å²) in [6, 6.07) is 6.61. The van der Waals surface area contributed by atoms with Gasteiger partial charge in [-0.05, 0) is 18.2 Å². The molecule has 2 aromatic rings. The Hall–Kier alpha value is -1.51. The summed E-state index contributed by atoms with van der Waals surface area (Å²) < 4.78 is 37.0. The van der Waals surface area contributed by atoms with Gasteiger partial charge in [-0.2, -0.15) is 0 Å². The highest BCUT2D eigenvalue weighted by atomic mass is 79.9. The molecule has 0 saturated heterocycles. The van der Waals surface area contributed by atoms with E-state index in [1.807, 2.05) is 0 Å².